The first-order chi connectivity index (χ1) is 4.81. The Morgan fingerprint density at radius 3 is 2.70 bits per heavy atom. The molecular weight excluding hydrogens is 120 g/mol. The molecule has 4 saturated carbocycles. The first kappa shape index (κ1) is 4.79. The Morgan fingerprint density at radius 1 is 1.30 bits per heavy atom. The Hall–Kier alpha value is 0. The first-order valence-corrected chi connectivity index (χ1v) is 4.81. The Kier molecular flexibility index (Phi) is 0.442. The average molecular weight is 134 g/mol. The predicted octanol–water partition coefficient (Wildman–Crippen LogP) is 2.44. The van der Waals surface area contributed by atoms with E-state index in [1.807, 2.05) is 0 Å². The molecule has 0 aromatic rings. The molecule has 5 atom stereocenters. The highest BCUT2D eigenvalue weighted by atomic mass is 14.9. The lowest BCUT2D eigenvalue weighted by Crippen LogP contribution is -2.31. The maximum Gasteiger partial charge on any atom is -0.0178 e. The van der Waals surface area contributed by atoms with Gasteiger partial charge in [0.15, 0.2) is 0 Å². The summed E-state index contributed by atoms with van der Waals surface area (Å²) in [5.74, 6) is 3.57. The maximum atomic E-state index is 2.50. The topological polar surface area (TPSA) is 0 Å². The molecular formula is C10H14. The van der Waals surface area contributed by atoms with Crippen LogP contribution in [0.3, 0.4) is 0 Å². The van der Waals surface area contributed by atoms with Crippen molar-refractivity contribution in [2.24, 2.45) is 28.6 Å². The van der Waals surface area contributed by atoms with Crippen molar-refractivity contribution in [1.82, 2.24) is 0 Å². The van der Waals surface area contributed by atoms with E-state index in [9.17, 15) is 0 Å². The molecule has 0 aromatic carbocycles. The fraction of sp³-hybridized carbons (Fsp3) is 1.00. The largest absolute Gasteiger partial charge is 0.0617 e. The van der Waals surface area contributed by atoms with Gasteiger partial charge in [-0.15, -0.1) is 0 Å². The highest BCUT2D eigenvalue weighted by Crippen LogP contribution is 2.95. The molecule has 3 unspecified atom stereocenters. The van der Waals surface area contributed by atoms with Crippen LogP contribution in [0.25, 0.3) is 0 Å². The van der Waals surface area contributed by atoms with E-state index in [4.69, 9.17) is 0 Å². The SMILES string of the molecule is C[C@@H]1C2CC3CC34CC[C@@]214. The second-order valence-corrected chi connectivity index (χ2v) is 5.23. The van der Waals surface area contributed by atoms with Crippen molar-refractivity contribution in [2.45, 2.75) is 32.6 Å². The summed E-state index contributed by atoms with van der Waals surface area (Å²) in [5.41, 5.74) is 1.95. The third kappa shape index (κ3) is 0.212. The van der Waals surface area contributed by atoms with Crippen LogP contribution in [0.4, 0.5) is 0 Å². The van der Waals surface area contributed by atoms with Gasteiger partial charge in [0.25, 0.3) is 0 Å². The van der Waals surface area contributed by atoms with E-state index < -0.39 is 0 Å². The monoisotopic (exact) mass is 134 g/mol. The molecule has 4 rings (SSSR count). The summed E-state index contributed by atoms with van der Waals surface area (Å²) >= 11 is 0. The van der Waals surface area contributed by atoms with Gasteiger partial charge in [-0.2, -0.15) is 0 Å². The van der Waals surface area contributed by atoms with E-state index in [1.54, 1.807) is 25.7 Å². The van der Waals surface area contributed by atoms with Gasteiger partial charge in [0.2, 0.25) is 0 Å². The molecule has 0 aliphatic heterocycles. The minimum absolute atomic E-state index is 0.970. The van der Waals surface area contributed by atoms with Crippen molar-refractivity contribution >= 4 is 0 Å². The van der Waals surface area contributed by atoms with Gasteiger partial charge in [-0.25, -0.2) is 0 Å². The molecule has 0 radical (unpaired) electrons. The van der Waals surface area contributed by atoms with E-state index in [0.29, 0.717) is 0 Å². The van der Waals surface area contributed by atoms with Gasteiger partial charge in [-0.05, 0) is 54.3 Å². The fourth-order valence-electron chi connectivity index (χ4n) is 4.98. The standard InChI is InChI=1S/C10H14/c1-6-8-4-7-5-9(7)2-3-10(6,8)9/h6-8H,2-5H2,1H3/t6-,7?,8?,9?,10+/m1/s1. The molecule has 4 aliphatic rings. The zero-order valence-electron chi connectivity index (χ0n) is 6.56. The third-order valence-electron chi connectivity index (χ3n) is 5.65. The van der Waals surface area contributed by atoms with Crippen molar-refractivity contribution < 1.29 is 0 Å². The van der Waals surface area contributed by atoms with Crippen LogP contribution in [0.2, 0.25) is 0 Å². The molecule has 0 amide bonds. The lowest BCUT2D eigenvalue weighted by atomic mass is 9.66. The van der Waals surface area contributed by atoms with Crippen LogP contribution in [0.5, 0.6) is 0 Å². The molecule has 0 bridgehead atoms. The zero-order valence-corrected chi connectivity index (χ0v) is 6.56. The summed E-state index contributed by atoms with van der Waals surface area (Å²) in [6.45, 7) is 2.50. The molecule has 4 aliphatic carbocycles. The molecule has 0 nitrogen and oxygen atoms in total. The molecule has 0 N–H and O–H groups in total. The highest BCUT2D eigenvalue weighted by molar-refractivity contribution is 5.36. The van der Waals surface area contributed by atoms with Crippen LogP contribution >= 0.6 is 0 Å². The molecule has 0 heterocycles. The minimum Gasteiger partial charge on any atom is -0.0617 e. The quantitative estimate of drug-likeness (QED) is 0.477. The third-order valence-corrected chi connectivity index (χ3v) is 5.65. The highest BCUT2D eigenvalue weighted by Gasteiger charge is 2.88. The Bertz CT molecular complexity index is 228. The second-order valence-electron chi connectivity index (χ2n) is 5.23. The van der Waals surface area contributed by atoms with Crippen LogP contribution in [-0.4, -0.2) is 0 Å². The van der Waals surface area contributed by atoms with E-state index in [-0.39, 0.29) is 0 Å². The average Bonchev–Trinajstić information content (AvgIpc) is 2.69. The van der Waals surface area contributed by atoms with Crippen molar-refractivity contribution in [3.63, 3.8) is 0 Å². The van der Waals surface area contributed by atoms with E-state index in [1.165, 1.54) is 11.8 Å². The minimum atomic E-state index is 0.970. The van der Waals surface area contributed by atoms with Crippen LogP contribution in [0.1, 0.15) is 32.6 Å². The van der Waals surface area contributed by atoms with E-state index in [2.05, 4.69) is 6.92 Å². The van der Waals surface area contributed by atoms with Gasteiger partial charge >= 0.3 is 0 Å². The molecule has 54 valence electrons. The molecule has 10 heavy (non-hydrogen) atoms. The van der Waals surface area contributed by atoms with Gasteiger partial charge in [0, 0.05) is 0 Å². The fourth-order valence-corrected chi connectivity index (χ4v) is 4.98. The van der Waals surface area contributed by atoms with E-state index >= 15 is 0 Å². The smallest absolute Gasteiger partial charge is 0.0178 e. The summed E-state index contributed by atoms with van der Waals surface area (Å²) < 4.78 is 0. The molecule has 0 aromatic heterocycles. The van der Waals surface area contributed by atoms with Crippen LogP contribution in [-0.2, 0) is 0 Å². The normalized spacial score (nSPS) is 80.7. The molecule has 4 fully saturated rings. The van der Waals surface area contributed by atoms with Crippen LogP contribution < -0.4 is 0 Å². The van der Waals surface area contributed by atoms with Gasteiger partial charge in [0.1, 0.15) is 0 Å². The Balaban J connectivity index is 1.92. The van der Waals surface area contributed by atoms with Crippen molar-refractivity contribution in [1.29, 1.82) is 0 Å². The Labute approximate surface area is 62.0 Å². The summed E-state index contributed by atoms with van der Waals surface area (Å²) in [6.07, 6.45) is 6.48. The summed E-state index contributed by atoms with van der Waals surface area (Å²) in [5, 5.41) is 0. The van der Waals surface area contributed by atoms with E-state index in [0.717, 1.165) is 16.7 Å². The van der Waals surface area contributed by atoms with Crippen LogP contribution in [0, 0.1) is 28.6 Å². The van der Waals surface area contributed by atoms with Gasteiger partial charge < -0.3 is 0 Å². The van der Waals surface area contributed by atoms with Crippen molar-refractivity contribution in [2.75, 3.05) is 0 Å². The van der Waals surface area contributed by atoms with Crippen molar-refractivity contribution in [3.05, 3.63) is 0 Å². The summed E-state index contributed by atoms with van der Waals surface area (Å²) in [4.78, 5) is 0. The van der Waals surface area contributed by atoms with Gasteiger partial charge in [-0.3, -0.25) is 0 Å². The second kappa shape index (κ2) is 0.922. The molecule has 0 saturated heterocycles. The Morgan fingerprint density at radius 2 is 2.20 bits per heavy atom. The van der Waals surface area contributed by atoms with Gasteiger partial charge in [0.05, 0.1) is 0 Å². The van der Waals surface area contributed by atoms with Crippen LogP contribution in [0.15, 0.2) is 0 Å². The molecule has 2 spiro atoms. The predicted molar refractivity (Wildman–Crippen MR) is 39.5 cm³/mol. The van der Waals surface area contributed by atoms with Gasteiger partial charge in [-0.1, -0.05) is 6.92 Å². The molecule has 0 heteroatoms. The number of hydrogen-bond donors (Lipinski definition) is 0. The first-order valence-electron chi connectivity index (χ1n) is 4.81. The maximum absolute atomic E-state index is 2.50. The van der Waals surface area contributed by atoms with Crippen molar-refractivity contribution in [3.8, 4) is 0 Å². The summed E-state index contributed by atoms with van der Waals surface area (Å²) in [7, 11) is 0. The number of rotatable bonds is 0. The number of hydrogen-bond acceptors (Lipinski definition) is 0. The zero-order chi connectivity index (χ0) is 6.56. The lowest BCUT2D eigenvalue weighted by Gasteiger charge is -2.39. The summed E-state index contributed by atoms with van der Waals surface area (Å²) in [6, 6.07) is 0. The lowest BCUT2D eigenvalue weighted by molar-refractivity contribution is 0.100.